The Balaban J connectivity index is 1.61. The Morgan fingerprint density at radius 3 is 2.30 bits per heavy atom. The van der Waals surface area contributed by atoms with Crippen molar-refractivity contribution in [3.8, 4) is 0 Å². The molecule has 2 rings (SSSR count). The molecule has 1 aliphatic heterocycles. The lowest BCUT2D eigenvalue weighted by Gasteiger charge is -2.38. The fraction of sp³-hybridized carbons (Fsp3) is 0.933. The lowest BCUT2D eigenvalue weighted by atomic mass is 9.97. The lowest BCUT2D eigenvalue weighted by molar-refractivity contribution is -0.174. The van der Waals surface area contributed by atoms with Crippen molar-refractivity contribution in [1.29, 1.82) is 0 Å². The Bertz CT molecular complexity index is 390. The first-order valence-corrected chi connectivity index (χ1v) is 8.25. The molecule has 5 nitrogen and oxygen atoms in total. The van der Waals surface area contributed by atoms with Gasteiger partial charge in [-0.1, -0.05) is 12.8 Å². The standard InChI is InChI=1S/C15H26F3N3O2/c16-15(17,18)12-23-11-3-6-20-7-9-21(10-8-20)13(22)14(19)4-1-2-5-14/h1-12,19H2. The fourth-order valence-corrected chi connectivity index (χ4v) is 3.29. The van der Waals surface area contributed by atoms with Crippen molar-refractivity contribution in [1.82, 2.24) is 9.80 Å². The summed E-state index contributed by atoms with van der Waals surface area (Å²) in [6.07, 6.45) is -0.138. The second kappa shape index (κ2) is 7.81. The molecule has 0 spiro atoms. The van der Waals surface area contributed by atoms with Crippen LogP contribution in [0.1, 0.15) is 32.1 Å². The van der Waals surface area contributed by atoms with Crippen LogP contribution in [0.25, 0.3) is 0 Å². The van der Waals surface area contributed by atoms with Gasteiger partial charge >= 0.3 is 6.18 Å². The third-order valence-corrected chi connectivity index (χ3v) is 4.61. The normalized spacial score (nSPS) is 22.5. The predicted molar refractivity (Wildman–Crippen MR) is 79.9 cm³/mol. The molecule has 0 aromatic heterocycles. The molecule has 0 atom stereocenters. The van der Waals surface area contributed by atoms with Crippen molar-refractivity contribution in [3.05, 3.63) is 0 Å². The van der Waals surface area contributed by atoms with E-state index in [4.69, 9.17) is 5.73 Å². The molecule has 0 aromatic rings. The highest BCUT2D eigenvalue weighted by molar-refractivity contribution is 5.86. The van der Waals surface area contributed by atoms with E-state index in [0.29, 0.717) is 26.1 Å². The summed E-state index contributed by atoms with van der Waals surface area (Å²) in [5, 5.41) is 0. The number of halogens is 3. The average molecular weight is 337 g/mol. The van der Waals surface area contributed by atoms with Crippen molar-refractivity contribution in [2.75, 3.05) is 45.9 Å². The maximum Gasteiger partial charge on any atom is 0.411 e. The molecule has 1 saturated heterocycles. The van der Waals surface area contributed by atoms with E-state index in [2.05, 4.69) is 9.64 Å². The number of hydrogen-bond acceptors (Lipinski definition) is 4. The van der Waals surface area contributed by atoms with E-state index in [1.54, 1.807) is 0 Å². The van der Waals surface area contributed by atoms with Gasteiger partial charge in [0.15, 0.2) is 0 Å². The highest BCUT2D eigenvalue weighted by Gasteiger charge is 2.40. The summed E-state index contributed by atoms with van der Waals surface area (Å²) < 4.78 is 40.4. The molecular formula is C15H26F3N3O2. The fourth-order valence-electron chi connectivity index (χ4n) is 3.29. The van der Waals surface area contributed by atoms with E-state index in [-0.39, 0.29) is 12.5 Å². The van der Waals surface area contributed by atoms with Gasteiger partial charge in [-0.25, -0.2) is 0 Å². The second-order valence-electron chi connectivity index (χ2n) is 6.52. The summed E-state index contributed by atoms with van der Waals surface area (Å²) in [6.45, 7) is 2.36. The monoisotopic (exact) mass is 337 g/mol. The molecule has 1 saturated carbocycles. The van der Waals surface area contributed by atoms with Crippen LogP contribution in [0.5, 0.6) is 0 Å². The van der Waals surface area contributed by atoms with Crippen LogP contribution in [0.2, 0.25) is 0 Å². The van der Waals surface area contributed by atoms with Gasteiger partial charge in [-0.05, 0) is 19.3 Å². The zero-order valence-corrected chi connectivity index (χ0v) is 13.4. The molecular weight excluding hydrogens is 311 g/mol. The zero-order chi connectivity index (χ0) is 16.9. The maximum absolute atomic E-state index is 12.5. The highest BCUT2D eigenvalue weighted by atomic mass is 19.4. The number of alkyl halides is 3. The van der Waals surface area contributed by atoms with E-state index >= 15 is 0 Å². The number of nitrogens with zero attached hydrogens (tertiary/aromatic N) is 2. The van der Waals surface area contributed by atoms with Gasteiger partial charge in [-0.2, -0.15) is 13.2 Å². The number of hydrogen-bond donors (Lipinski definition) is 1. The molecule has 0 aromatic carbocycles. The number of carbonyl (C=O) groups excluding carboxylic acids is 1. The number of rotatable bonds is 6. The lowest BCUT2D eigenvalue weighted by Crippen LogP contribution is -2.58. The predicted octanol–water partition coefficient (Wildman–Crippen LogP) is 1.37. The van der Waals surface area contributed by atoms with Crippen LogP contribution in [0.15, 0.2) is 0 Å². The molecule has 1 amide bonds. The van der Waals surface area contributed by atoms with Crippen molar-refractivity contribution in [2.45, 2.75) is 43.8 Å². The highest BCUT2D eigenvalue weighted by Crippen LogP contribution is 2.29. The summed E-state index contributed by atoms with van der Waals surface area (Å²) >= 11 is 0. The minimum atomic E-state index is -4.26. The summed E-state index contributed by atoms with van der Waals surface area (Å²) in [6, 6.07) is 0. The van der Waals surface area contributed by atoms with Gasteiger partial charge in [0, 0.05) is 39.3 Å². The molecule has 134 valence electrons. The first-order valence-electron chi connectivity index (χ1n) is 8.25. The zero-order valence-electron chi connectivity index (χ0n) is 13.4. The molecule has 0 radical (unpaired) electrons. The Morgan fingerprint density at radius 2 is 1.74 bits per heavy atom. The second-order valence-corrected chi connectivity index (χ2v) is 6.52. The third kappa shape index (κ3) is 5.61. The van der Waals surface area contributed by atoms with Gasteiger partial charge in [-0.15, -0.1) is 0 Å². The molecule has 0 bridgehead atoms. The summed E-state index contributed by atoms with van der Waals surface area (Å²) in [5.74, 6) is 0.0585. The van der Waals surface area contributed by atoms with Crippen LogP contribution < -0.4 is 5.73 Å². The summed E-state index contributed by atoms with van der Waals surface area (Å²) in [5.41, 5.74) is 5.53. The Hall–Kier alpha value is -0.860. The van der Waals surface area contributed by atoms with Crippen LogP contribution in [-0.4, -0.2) is 73.4 Å². The van der Waals surface area contributed by atoms with Crippen molar-refractivity contribution in [3.63, 3.8) is 0 Å². The number of nitrogens with two attached hydrogens (primary N) is 1. The van der Waals surface area contributed by atoms with Gasteiger partial charge in [0.1, 0.15) is 6.61 Å². The van der Waals surface area contributed by atoms with E-state index in [1.807, 2.05) is 4.90 Å². The van der Waals surface area contributed by atoms with Gasteiger partial charge in [0.05, 0.1) is 5.54 Å². The third-order valence-electron chi connectivity index (χ3n) is 4.61. The Labute approximate surface area is 134 Å². The summed E-state index contributed by atoms with van der Waals surface area (Å²) in [4.78, 5) is 16.5. The number of piperazine rings is 1. The molecule has 1 aliphatic carbocycles. The van der Waals surface area contributed by atoms with E-state index < -0.39 is 18.3 Å². The molecule has 0 unspecified atom stereocenters. The van der Waals surface area contributed by atoms with E-state index in [0.717, 1.165) is 38.8 Å². The molecule has 2 fully saturated rings. The number of carbonyl (C=O) groups is 1. The van der Waals surface area contributed by atoms with Crippen molar-refractivity contribution < 1.29 is 22.7 Å². The Morgan fingerprint density at radius 1 is 1.13 bits per heavy atom. The quantitative estimate of drug-likeness (QED) is 0.744. The van der Waals surface area contributed by atoms with Gasteiger partial charge in [-0.3, -0.25) is 9.69 Å². The number of amides is 1. The van der Waals surface area contributed by atoms with Crippen LogP contribution in [0.4, 0.5) is 13.2 Å². The SMILES string of the molecule is NC1(C(=O)N2CCN(CCCOCC(F)(F)F)CC2)CCCC1. The van der Waals surface area contributed by atoms with Gasteiger partial charge in [0.25, 0.3) is 0 Å². The van der Waals surface area contributed by atoms with E-state index in [1.165, 1.54) is 0 Å². The van der Waals surface area contributed by atoms with Crippen molar-refractivity contribution in [2.24, 2.45) is 5.73 Å². The van der Waals surface area contributed by atoms with Crippen molar-refractivity contribution >= 4 is 5.91 Å². The first-order chi connectivity index (χ1) is 10.8. The van der Waals surface area contributed by atoms with Crippen LogP contribution >= 0.6 is 0 Å². The average Bonchev–Trinajstić information content (AvgIpc) is 2.94. The topological polar surface area (TPSA) is 58.8 Å². The molecule has 1 heterocycles. The largest absolute Gasteiger partial charge is 0.411 e. The Kier molecular flexibility index (Phi) is 6.27. The minimum absolute atomic E-state index is 0.0585. The molecule has 23 heavy (non-hydrogen) atoms. The molecule has 8 heteroatoms. The van der Waals surface area contributed by atoms with Gasteiger partial charge in [0.2, 0.25) is 5.91 Å². The number of ether oxygens (including phenoxy) is 1. The van der Waals surface area contributed by atoms with Crippen LogP contribution in [-0.2, 0) is 9.53 Å². The maximum atomic E-state index is 12.5. The first kappa shape index (κ1) is 18.5. The van der Waals surface area contributed by atoms with Crippen LogP contribution in [0, 0.1) is 0 Å². The molecule has 2 N–H and O–H groups in total. The molecule has 2 aliphatic rings. The minimum Gasteiger partial charge on any atom is -0.372 e. The van der Waals surface area contributed by atoms with E-state index in [9.17, 15) is 18.0 Å². The smallest absolute Gasteiger partial charge is 0.372 e. The summed E-state index contributed by atoms with van der Waals surface area (Å²) in [7, 11) is 0. The van der Waals surface area contributed by atoms with Gasteiger partial charge < -0.3 is 15.4 Å². The van der Waals surface area contributed by atoms with Crippen LogP contribution in [0.3, 0.4) is 0 Å².